The fourth-order valence-electron chi connectivity index (χ4n) is 3.20. The summed E-state index contributed by atoms with van der Waals surface area (Å²) >= 11 is 0. The lowest BCUT2D eigenvalue weighted by molar-refractivity contribution is 0.0941. The average Bonchev–Trinajstić information content (AvgIpc) is 3.21. The Balaban J connectivity index is 1.60. The highest BCUT2D eigenvalue weighted by Crippen LogP contribution is 2.14. The molecule has 2 aromatic carbocycles. The van der Waals surface area contributed by atoms with Gasteiger partial charge < -0.3 is 9.84 Å². The molecule has 1 N–H and O–H groups in total. The highest BCUT2D eigenvalue weighted by atomic mass is 19.1. The zero-order chi connectivity index (χ0) is 22.2. The Morgan fingerprint density at radius 3 is 2.42 bits per heavy atom. The standard InChI is InChI=1S/C25H30FN3O2/c1-18(2)12-13-29(16-21-6-4-19(3)5-7-21)17-23-14-24(28-31-23)25(30)27-15-20-8-10-22(26)11-9-20/h4-11,14,18H,12-13,15-17H2,1-3H3,(H,27,30). The molecule has 0 bridgehead atoms. The van der Waals surface area contributed by atoms with Crippen LogP contribution in [-0.2, 0) is 19.6 Å². The molecule has 5 nitrogen and oxygen atoms in total. The molecule has 0 aliphatic rings. The number of amides is 1. The maximum atomic E-state index is 13.0. The van der Waals surface area contributed by atoms with Crippen molar-refractivity contribution in [1.29, 1.82) is 0 Å². The fourth-order valence-corrected chi connectivity index (χ4v) is 3.20. The van der Waals surface area contributed by atoms with Gasteiger partial charge in [-0.1, -0.05) is 61.0 Å². The smallest absolute Gasteiger partial charge is 0.273 e. The number of nitrogens with one attached hydrogen (secondary N) is 1. The molecule has 0 aliphatic carbocycles. The first kappa shape index (κ1) is 22.7. The van der Waals surface area contributed by atoms with Crippen LogP contribution < -0.4 is 5.32 Å². The Kier molecular flexibility index (Phi) is 7.95. The van der Waals surface area contributed by atoms with Gasteiger partial charge in [0.25, 0.3) is 5.91 Å². The van der Waals surface area contributed by atoms with Crippen molar-refractivity contribution in [2.75, 3.05) is 6.54 Å². The number of benzene rings is 2. The van der Waals surface area contributed by atoms with Gasteiger partial charge in [0.05, 0.1) is 6.54 Å². The third-order valence-electron chi connectivity index (χ3n) is 5.09. The average molecular weight is 424 g/mol. The molecule has 0 atom stereocenters. The number of hydrogen-bond donors (Lipinski definition) is 1. The van der Waals surface area contributed by atoms with Crippen molar-refractivity contribution in [2.24, 2.45) is 5.92 Å². The van der Waals surface area contributed by atoms with Crippen molar-refractivity contribution in [3.63, 3.8) is 0 Å². The predicted molar refractivity (Wildman–Crippen MR) is 119 cm³/mol. The highest BCUT2D eigenvalue weighted by molar-refractivity contribution is 5.92. The van der Waals surface area contributed by atoms with Crippen molar-refractivity contribution >= 4 is 5.91 Å². The van der Waals surface area contributed by atoms with E-state index in [0.717, 1.165) is 25.1 Å². The minimum Gasteiger partial charge on any atom is -0.359 e. The predicted octanol–water partition coefficient (Wildman–Crippen LogP) is 5.10. The van der Waals surface area contributed by atoms with E-state index in [1.807, 2.05) is 0 Å². The van der Waals surface area contributed by atoms with Gasteiger partial charge in [0.15, 0.2) is 11.5 Å². The molecule has 164 valence electrons. The Hall–Kier alpha value is -2.99. The van der Waals surface area contributed by atoms with E-state index < -0.39 is 0 Å². The van der Waals surface area contributed by atoms with Gasteiger partial charge in [-0.2, -0.15) is 0 Å². The second kappa shape index (κ2) is 10.9. The Morgan fingerprint density at radius 1 is 1.06 bits per heavy atom. The first-order chi connectivity index (χ1) is 14.9. The number of halogens is 1. The topological polar surface area (TPSA) is 58.4 Å². The van der Waals surface area contributed by atoms with Crippen molar-refractivity contribution in [2.45, 2.75) is 46.8 Å². The summed E-state index contributed by atoms with van der Waals surface area (Å²) in [7, 11) is 0. The largest absolute Gasteiger partial charge is 0.359 e. The molecule has 3 aromatic rings. The molecule has 31 heavy (non-hydrogen) atoms. The van der Waals surface area contributed by atoms with E-state index in [4.69, 9.17) is 4.52 Å². The Morgan fingerprint density at radius 2 is 1.74 bits per heavy atom. The molecule has 1 heterocycles. The summed E-state index contributed by atoms with van der Waals surface area (Å²) in [6.07, 6.45) is 1.07. The third-order valence-corrected chi connectivity index (χ3v) is 5.09. The van der Waals surface area contributed by atoms with Crippen molar-refractivity contribution in [3.8, 4) is 0 Å². The first-order valence-electron chi connectivity index (χ1n) is 10.6. The maximum absolute atomic E-state index is 13.0. The lowest BCUT2D eigenvalue weighted by atomic mass is 10.1. The maximum Gasteiger partial charge on any atom is 0.273 e. The number of carbonyl (C=O) groups excluding carboxylic acids is 1. The minimum absolute atomic E-state index is 0.247. The van der Waals surface area contributed by atoms with E-state index in [1.54, 1.807) is 18.2 Å². The number of rotatable bonds is 10. The van der Waals surface area contributed by atoms with Crippen LogP contribution in [0.5, 0.6) is 0 Å². The zero-order valence-corrected chi connectivity index (χ0v) is 18.4. The number of aromatic nitrogens is 1. The molecule has 0 saturated heterocycles. The van der Waals surface area contributed by atoms with Crippen LogP contribution >= 0.6 is 0 Å². The normalized spacial score (nSPS) is 11.3. The molecule has 1 aromatic heterocycles. The van der Waals surface area contributed by atoms with Crippen LogP contribution in [0.2, 0.25) is 0 Å². The van der Waals surface area contributed by atoms with Gasteiger partial charge in [-0.25, -0.2) is 4.39 Å². The van der Waals surface area contributed by atoms with Crippen LogP contribution in [0.4, 0.5) is 4.39 Å². The molecule has 0 spiro atoms. The summed E-state index contributed by atoms with van der Waals surface area (Å²) < 4.78 is 18.4. The number of hydrogen-bond acceptors (Lipinski definition) is 4. The molecule has 6 heteroatoms. The summed E-state index contributed by atoms with van der Waals surface area (Å²) in [6.45, 7) is 9.12. The third kappa shape index (κ3) is 7.33. The van der Waals surface area contributed by atoms with Crippen LogP contribution in [0.25, 0.3) is 0 Å². The van der Waals surface area contributed by atoms with Gasteiger partial charge in [0, 0.05) is 19.2 Å². The van der Waals surface area contributed by atoms with Gasteiger partial charge in [0.1, 0.15) is 5.82 Å². The van der Waals surface area contributed by atoms with E-state index in [2.05, 4.69) is 60.4 Å². The van der Waals surface area contributed by atoms with Crippen LogP contribution in [-0.4, -0.2) is 22.5 Å². The molecule has 1 amide bonds. The summed E-state index contributed by atoms with van der Waals surface area (Å²) in [5, 5.41) is 6.72. The monoisotopic (exact) mass is 423 g/mol. The zero-order valence-electron chi connectivity index (χ0n) is 18.4. The quantitative estimate of drug-likeness (QED) is 0.493. The first-order valence-corrected chi connectivity index (χ1v) is 10.6. The number of nitrogens with zero attached hydrogens (tertiary/aromatic N) is 2. The molecule has 0 fully saturated rings. The van der Waals surface area contributed by atoms with Gasteiger partial charge in [-0.05, 0) is 49.1 Å². The van der Waals surface area contributed by atoms with E-state index in [0.29, 0.717) is 24.8 Å². The van der Waals surface area contributed by atoms with Crippen molar-refractivity contribution in [3.05, 3.63) is 88.6 Å². The van der Waals surface area contributed by atoms with Gasteiger partial charge in [0.2, 0.25) is 0 Å². The summed E-state index contributed by atoms with van der Waals surface area (Å²) in [5.74, 6) is 0.640. The Bertz CT molecular complexity index is 965. The van der Waals surface area contributed by atoms with Crippen LogP contribution in [0.3, 0.4) is 0 Å². The summed E-state index contributed by atoms with van der Waals surface area (Å²) in [5.41, 5.74) is 3.54. The summed E-state index contributed by atoms with van der Waals surface area (Å²) in [6, 6.07) is 16.2. The van der Waals surface area contributed by atoms with Gasteiger partial charge >= 0.3 is 0 Å². The SMILES string of the molecule is Cc1ccc(CN(CCC(C)C)Cc2cc(C(=O)NCc3ccc(F)cc3)no2)cc1. The van der Waals surface area contributed by atoms with Crippen LogP contribution in [0.1, 0.15) is 53.2 Å². The van der Waals surface area contributed by atoms with E-state index in [-0.39, 0.29) is 17.4 Å². The fraction of sp³-hybridized carbons (Fsp3) is 0.360. The molecule has 0 aliphatic heterocycles. The second-order valence-corrected chi connectivity index (χ2v) is 8.37. The van der Waals surface area contributed by atoms with Crippen LogP contribution in [0.15, 0.2) is 59.1 Å². The molecule has 0 unspecified atom stereocenters. The minimum atomic E-state index is -0.313. The molecule has 0 radical (unpaired) electrons. The number of carbonyl (C=O) groups is 1. The second-order valence-electron chi connectivity index (χ2n) is 8.37. The van der Waals surface area contributed by atoms with Crippen molar-refractivity contribution in [1.82, 2.24) is 15.4 Å². The number of aryl methyl sites for hydroxylation is 1. The molecular formula is C25H30FN3O2. The van der Waals surface area contributed by atoms with Gasteiger partial charge in [-0.15, -0.1) is 0 Å². The molecule has 0 saturated carbocycles. The highest BCUT2D eigenvalue weighted by Gasteiger charge is 2.16. The van der Waals surface area contributed by atoms with Crippen molar-refractivity contribution < 1.29 is 13.7 Å². The van der Waals surface area contributed by atoms with Crippen LogP contribution in [0, 0.1) is 18.7 Å². The summed E-state index contributed by atoms with van der Waals surface area (Å²) in [4.78, 5) is 14.7. The molecular weight excluding hydrogens is 393 g/mol. The lowest BCUT2D eigenvalue weighted by Gasteiger charge is -2.22. The van der Waals surface area contributed by atoms with E-state index in [1.165, 1.54) is 23.3 Å². The van der Waals surface area contributed by atoms with E-state index >= 15 is 0 Å². The Labute approximate surface area is 183 Å². The molecule has 3 rings (SSSR count). The lowest BCUT2D eigenvalue weighted by Crippen LogP contribution is -2.25. The van der Waals surface area contributed by atoms with Gasteiger partial charge in [-0.3, -0.25) is 9.69 Å². The van der Waals surface area contributed by atoms with E-state index in [9.17, 15) is 9.18 Å².